The van der Waals surface area contributed by atoms with Gasteiger partial charge in [0.2, 0.25) is 0 Å². The molecule has 2 heteroatoms. The van der Waals surface area contributed by atoms with E-state index in [4.69, 9.17) is 10.5 Å². The van der Waals surface area contributed by atoms with Crippen molar-refractivity contribution < 1.29 is 4.74 Å². The summed E-state index contributed by atoms with van der Waals surface area (Å²) >= 11 is 0. The lowest BCUT2D eigenvalue weighted by Crippen LogP contribution is -2.11. The molecule has 0 aliphatic carbocycles. The molecule has 1 atom stereocenters. The molecule has 0 heterocycles. The van der Waals surface area contributed by atoms with Gasteiger partial charge in [-0.3, -0.25) is 0 Å². The Morgan fingerprint density at radius 1 is 1.19 bits per heavy atom. The summed E-state index contributed by atoms with van der Waals surface area (Å²) in [6.07, 6.45) is 2.02. The molecule has 1 unspecified atom stereocenters. The average Bonchev–Trinajstić information content (AvgIpc) is 2.29. The van der Waals surface area contributed by atoms with Crippen molar-refractivity contribution in [2.24, 2.45) is 11.7 Å². The number of hydrogen-bond donors (Lipinski definition) is 1. The summed E-state index contributed by atoms with van der Waals surface area (Å²) in [5, 5.41) is 0. The molecule has 2 nitrogen and oxygen atoms in total. The van der Waals surface area contributed by atoms with Crippen molar-refractivity contribution in [3.05, 3.63) is 35.9 Å². The van der Waals surface area contributed by atoms with Gasteiger partial charge in [0.25, 0.3) is 0 Å². The maximum atomic E-state index is 6.08. The van der Waals surface area contributed by atoms with Crippen LogP contribution in [0.5, 0.6) is 0 Å². The van der Waals surface area contributed by atoms with Gasteiger partial charge in [0, 0.05) is 19.3 Å². The summed E-state index contributed by atoms with van der Waals surface area (Å²) in [7, 11) is 0. The molecule has 0 fully saturated rings. The van der Waals surface area contributed by atoms with Crippen molar-refractivity contribution in [2.45, 2.75) is 32.7 Å². The Morgan fingerprint density at radius 2 is 1.88 bits per heavy atom. The van der Waals surface area contributed by atoms with Gasteiger partial charge in [0.15, 0.2) is 0 Å². The van der Waals surface area contributed by atoms with Gasteiger partial charge in [-0.05, 0) is 24.3 Å². The number of benzene rings is 1. The van der Waals surface area contributed by atoms with E-state index in [1.165, 1.54) is 5.56 Å². The fourth-order valence-corrected chi connectivity index (χ4v) is 1.59. The SMILES string of the molecule is CC(C)COCCCC(N)c1ccccc1. The van der Waals surface area contributed by atoms with Gasteiger partial charge >= 0.3 is 0 Å². The van der Waals surface area contributed by atoms with E-state index >= 15 is 0 Å². The van der Waals surface area contributed by atoms with E-state index in [-0.39, 0.29) is 6.04 Å². The van der Waals surface area contributed by atoms with Crippen molar-refractivity contribution in [3.8, 4) is 0 Å². The van der Waals surface area contributed by atoms with Crippen LogP contribution in [0.3, 0.4) is 0 Å². The average molecular weight is 221 g/mol. The molecule has 1 aromatic carbocycles. The Morgan fingerprint density at radius 3 is 2.50 bits per heavy atom. The Hall–Kier alpha value is -0.860. The summed E-state index contributed by atoms with van der Waals surface area (Å²) in [6.45, 7) is 5.99. The summed E-state index contributed by atoms with van der Waals surface area (Å²) in [5.74, 6) is 0.614. The largest absolute Gasteiger partial charge is 0.381 e. The number of hydrogen-bond acceptors (Lipinski definition) is 2. The molecule has 0 aliphatic heterocycles. The van der Waals surface area contributed by atoms with Crippen LogP contribution in [0.15, 0.2) is 30.3 Å². The Balaban J connectivity index is 2.14. The van der Waals surface area contributed by atoms with Crippen LogP contribution in [0, 0.1) is 5.92 Å². The van der Waals surface area contributed by atoms with E-state index < -0.39 is 0 Å². The van der Waals surface area contributed by atoms with E-state index in [1.54, 1.807) is 0 Å². The highest BCUT2D eigenvalue weighted by atomic mass is 16.5. The maximum absolute atomic E-state index is 6.08. The zero-order valence-corrected chi connectivity index (χ0v) is 10.4. The van der Waals surface area contributed by atoms with Gasteiger partial charge in [0.05, 0.1) is 0 Å². The van der Waals surface area contributed by atoms with Gasteiger partial charge in [-0.1, -0.05) is 44.2 Å². The van der Waals surface area contributed by atoms with Crippen LogP contribution in [-0.4, -0.2) is 13.2 Å². The second-order valence-electron chi connectivity index (χ2n) is 4.63. The Labute approximate surface area is 98.8 Å². The van der Waals surface area contributed by atoms with Gasteiger partial charge in [0.1, 0.15) is 0 Å². The van der Waals surface area contributed by atoms with Crippen LogP contribution in [0.4, 0.5) is 0 Å². The molecule has 0 saturated carbocycles. The highest BCUT2D eigenvalue weighted by Crippen LogP contribution is 2.14. The van der Waals surface area contributed by atoms with E-state index in [2.05, 4.69) is 26.0 Å². The maximum Gasteiger partial charge on any atom is 0.0488 e. The minimum Gasteiger partial charge on any atom is -0.381 e. The number of ether oxygens (including phenoxy) is 1. The highest BCUT2D eigenvalue weighted by molar-refractivity contribution is 5.18. The van der Waals surface area contributed by atoms with E-state index in [0.29, 0.717) is 5.92 Å². The molecule has 0 bridgehead atoms. The van der Waals surface area contributed by atoms with Crippen LogP contribution in [0.25, 0.3) is 0 Å². The van der Waals surface area contributed by atoms with E-state index in [9.17, 15) is 0 Å². The quantitative estimate of drug-likeness (QED) is 0.718. The van der Waals surface area contributed by atoms with Gasteiger partial charge in [-0.15, -0.1) is 0 Å². The highest BCUT2D eigenvalue weighted by Gasteiger charge is 2.04. The summed E-state index contributed by atoms with van der Waals surface area (Å²) < 4.78 is 5.53. The van der Waals surface area contributed by atoms with Crippen LogP contribution in [0.1, 0.15) is 38.3 Å². The first-order valence-electron chi connectivity index (χ1n) is 6.08. The van der Waals surface area contributed by atoms with Crippen LogP contribution >= 0.6 is 0 Å². The van der Waals surface area contributed by atoms with Crippen LogP contribution in [-0.2, 0) is 4.74 Å². The molecular formula is C14H23NO. The lowest BCUT2D eigenvalue weighted by molar-refractivity contribution is 0.105. The Kier molecular flexibility index (Phi) is 6.12. The number of rotatable bonds is 7. The summed E-state index contributed by atoms with van der Waals surface area (Å²) in [6, 6.07) is 10.4. The smallest absolute Gasteiger partial charge is 0.0488 e. The van der Waals surface area contributed by atoms with Gasteiger partial charge in [-0.25, -0.2) is 0 Å². The van der Waals surface area contributed by atoms with Crippen molar-refractivity contribution >= 4 is 0 Å². The minimum atomic E-state index is 0.142. The molecule has 0 spiro atoms. The standard InChI is InChI=1S/C14H23NO/c1-12(2)11-16-10-6-9-14(15)13-7-4-3-5-8-13/h3-5,7-8,12,14H,6,9-11,15H2,1-2H3. The summed E-state index contributed by atoms with van der Waals surface area (Å²) in [5.41, 5.74) is 7.30. The molecular weight excluding hydrogens is 198 g/mol. The topological polar surface area (TPSA) is 35.2 Å². The monoisotopic (exact) mass is 221 g/mol. The molecule has 0 amide bonds. The second kappa shape index (κ2) is 7.42. The van der Waals surface area contributed by atoms with Crippen molar-refractivity contribution in [2.75, 3.05) is 13.2 Å². The van der Waals surface area contributed by atoms with Crippen LogP contribution in [0.2, 0.25) is 0 Å². The molecule has 0 saturated heterocycles. The van der Waals surface area contributed by atoms with E-state index in [1.807, 2.05) is 18.2 Å². The zero-order valence-electron chi connectivity index (χ0n) is 10.4. The molecule has 0 radical (unpaired) electrons. The third-order valence-electron chi connectivity index (χ3n) is 2.48. The molecule has 1 rings (SSSR count). The first-order valence-corrected chi connectivity index (χ1v) is 6.08. The predicted octanol–water partition coefficient (Wildman–Crippen LogP) is 3.14. The van der Waals surface area contributed by atoms with Gasteiger partial charge < -0.3 is 10.5 Å². The third kappa shape index (κ3) is 5.29. The van der Waals surface area contributed by atoms with Crippen molar-refractivity contribution in [1.29, 1.82) is 0 Å². The van der Waals surface area contributed by atoms with Crippen molar-refractivity contribution in [3.63, 3.8) is 0 Å². The fourth-order valence-electron chi connectivity index (χ4n) is 1.59. The molecule has 0 aromatic heterocycles. The first-order chi connectivity index (χ1) is 7.70. The zero-order chi connectivity index (χ0) is 11.8. The number of nitrogens with two attached hydrogens (primary N) is 1. The second-order valence-corrected chi connectivity index (χ2v) is 4.63. The summed E-state index contributed by atoms with van der Waals surface area (Å²) in [4.78, 5) is 0. The lowest BCUT2D eigenvalue weighted by Gasteiger charge is -2.12. The Bertz CT molecular complexity index is 271. The predicted molar refractivity (Wildman–Crippen MR) is 68.3 cm³/mol. The first kappa shape index (κ1) is 13.2. The molecule has 1 aromatic rings. The van der Waals surface area contributed by atoms with Crippen LogP contribution < -0.4 is 5.73 Å². The van der Waals surface area contributed by atoms with Crippen molar-refractivity contribution in [1.82, 2.24) is 0 Å². The third-order valence-corrected chi connectivity index (χ3v) is 2.48. The molecule has 0 aliphatic rings. The van der Waals surface area contributed by atoms with Gasteiger partial charge in [-0.2, -0.15) is 0 Å². The fraction of sp³-hybridized carbons (Fsp3) is 0.571. The van der Waals surface area contributed by atoms with E-state index in [0.717, 1.165) is 26.1 Å². The molecule has 16 heavy (non-hydrogen) atoms. The minimum absolute atomic E-state index is 0.142. The normalized spacial score (nSPS) is 13.0. The molecule has 90 valence electrons. The lowest BCUT2D eigenvalue weighted by atomic mass is 10.0. The molecule has 2 N–H and O–H groups in total.